The van der Waals surface area contributed by atoms with Crippen molar-refractivity contribution in [1.82, 2.24) is 15.7 Å². The van der Waals surface area contributed by atoms with Gasteiger partial charge in [-0.25, -0.2) is 14.6 Å². The molecule has 0 bridgehead atoms. The Bertz CT molecular complexity index is 1220. The molecule has 0 saturated carbocycles. The topological polar surface area (TPSA) is 116 Å². The van der Waals surface area contributed by atoms with Crippen LogP contribution >= 0.6 is 12.2 Å². The maximum atomic E-state index is 15.6. The third kappa shape index (κ3) is 5.07. The van der Waals surface area contributed by atoms with Crippen molar-refractivity contribution in [3.8, 4) is 17.6 Å². The number of hydrazine groups is 1. The lowest BCUT2D eigenvalue weighted by molar-refractivity contribution is -0.195. The summed E-state index contributed by atoms with van der Waals surface area (Å²) in [6.07, 6.45) is 0.988. The van der Waals surface area contributed by atoms with Crippen LogP contribution in [0.5, 0.6) is 11.5 Å². The molecule has 1 heterocycles. The van der Waals surface area contributed by atoms with Crippen LogP contribution in [0.3, 0.4) is 0 Å². The van der Waals surface area contributed by atoms with Gasteiger partial charge < -0.3 is 20.6 Å². The predicted molar refractivity (Wildman–Crippen MR) is 118 cm³/mol. The molecule has 0 aliphatic heterocycles. The Balaban J connectivity index is 1.94. The van der Waals surface area contributed by atoms with Crippen LogP contribution in [-0.4, -0.2) is 21.7 Å². The van der Waals surface area contributed by atoms with Gasteiger partial charge in [0.05, 0.1) is 24.4 Å². The summed E-state index contributed by atoms with van der Waals surface area (Å²) in [6.45, 7) is -0.989. The van der Waals surface area contributed by atoms with E-state index >= 15 is 8.78 Å². The van der Waals surface area contributed by atoms with Gasteiger partial charge in [0.25, 0.3) is 0 Å². The minimum absolute atomic E-state index is 0.0902. The summed E-state index contributed by atoms with van der Waals surface area (Å²) in [5, 5.41) is 21.8. The number of hydrogen-bond donors (Lipinski definition) is 4. The van der Waals surface area contributed by atoms with Crippen molar-refractivity contribution in [3.05, 3.63) is 89.2 Å². The maximum Gasteiger partial charge on any atom is 0.323 e. The summed E-state index contributed by atoms with van der Waals surface area (Å²) in [4.78, 5) is 3.68. The SMILES string of the molecule is N#Cc1ccc(Oc2ccc(C(F)(F)C(O)(CNC(=S)NN)c3ccc(F)cc3F)nc2)cc1. The Morgan fingerprint density at radius 2 is 1.79 bits per heavy atom. The second-order valence-electron chi connectivity index (χ2n) is 7.00. The van der Waals surface area contributed by atoms with Crippen LogP contribution < -0.4 is 21.3 Å². The molecule has 5 N–H and O–H groups in total. The van der Waals surface area contributed by atoms with E-state index in [1.165, 1.54) is 30.3 Å². The smallest absolute Gasteiger partial charge is 0.323 e. The fourth-order valence-electron chi connectivity index (χ4n) is 3.03. The van der Waals surface area contributed by atoms with Crippen molar-refractivity contribution in [3.63, 3.8) is 0 Å². The molecule has 1 atom stereocenters. The number of pyridine rings is 1. The van der Waals surface area contributed by atoms with Gasteiger partial charge in [0.2, 0.25) is 0 Å². The summed E-state index contributed by atoms with van der Waals surface area (Å²) in [7, 11) is 0. The number of alkyl halides is 2. The molecule has 1 unspecified atom stereocenters. The van der Waals surface area contributed by atoms with Gasteiger partial charge >= 0.3 is 5.92 Å². The number of hydrogen-bond acceptors (Lipinski definition) is 6. The quantitative estimate of drug-likeness (QED) is 0.172. The number of ether oxygens (including phenoxy) is 1. The fraction of sp³-hybridized carbons (Fsp3) is 0.136. The molecule has 0 fully saturated rings. The zero-order valence-electron chi connectivity index (χ0n) is 17.2. The lowest BCUT2D eigenvalue weighted by atomic mass is 9.84. The van der Waals surface area contributed by atoms with Gasteiger partial charge in [0.1, 0.15) is 28.8 Å². The molecular formula is C22H17F4N5O2S. The lowest BCUT2D eigenvalue weighted by Crippen LogP contribution is -2.54. The lowest BCUT2D eigenvalue weighted by Gasteiger charge is -2.36. The summed E-state index contributed by atoms with van der Waals surface area (Å²) in [5.74, 6) is -1.05. The number of thiocarbonyl (C=S) groups is 1. The van der Waals surface area contributed by atoms with Crippen LogP contribution in [0.1, 0.15) is 16.8 Å². The Hall–Kier alpha value is -3.79. The van der Waals surface area contributed by atoms with E-state index in [2.05, 4.69) is 10.3 Å². The van der Waals surface area contributed by atoms with Crippen LogP contribution in [0.15, 0.2) is 60.8 Å². The zero-order valence-corrected chi connectivity index (χ0v) is 18.0. The molecular weight excluding hydrogens is 474 g/mol. The van der Waals surface area contributed by atoms with E-state index in [-0.39, 0.29) is 10.9 Å². The van der Waals surface area contributed by atoms with E-state index in [1.54, 1.807) is 0 Å². The minimum Gasteiger partial charge on any atom is -0.456 e. The number of aromatic nitrogens is 1. The van der Waals surface area contributed by atoms with Crippen LogP contribution in [0, 0.1) is 23.0 Å². The average molecular weight is 491 g/mol. The van der Waals surface area contributed by atoms with Crippen LogP contribution in [0.4, 0.5) is 17.6 Å². The molecule has 2 aromatic carbocycles. The number of halogens is 4. The van der Waals surface area contributed by atoms with Gasteiger partial charge in [-0.15, -0.1) is 0 Å². The normalized spacial score (nSPS) is 12.9. The number of nitrogens with zero attached hydrogens (tertiary/aromatic N) is 2. The molecule has 3 aromatic rings. The van der Waals surface area contributed by atoms with Crippen LogP contribution in [0.2, 0.25) is 0 Å². The minimum atomic E-state index is -4.18. The number of rotatable bonds is 7. The molecule has 0 radical (unpaired) electrons. The molecule has 176 valence electrons. The van der Waals surface area contributed by atoms with Crippen LogP contribution in [-0.2, 0) is 11.5 Å². The summed E-state index contributed by atoms with van der Waals surface area (Å²) in [6, 6.07) is 11.9. The highest BCUT2D eigenvalue weighted by Crippen LogP contribution is 2.45. The first-order valence-corrected chi connectivity index (χ1v) is 9.96. The standard InChI is InChI=1S/C22H17F4N5O2S/c23-14-3-7-17(18(24)9-14)21(32,12-30-20(34)31-28)22(25,26)19-8-6-16(11-29-19)33-15-4-1-13(10-27)2-5-15/h1-9,11,32H,12,28H2,(H2,30,31,34). The third-order valence-corrected chi connectivity index (χ3v) is 5.07. The van der Waals surface area contributed by atoms with Crippen molar-refractivity contribution in [1.29, 1.82) is 5.26 Å². The Morgan fingerprint density at radius 1 is 1.12 bits per heavy atom. The van der Waals surface area contributed by atoms with Crippen LogP contribution in [0.25, 0.3) is 0 Å². The molecule has 7 nitrogen and oxygen atoms in total. The highest BCUT2D eigenvalue weighted by Gasteiger charge is 2.57. The van der Waals surface area contributed by atoms with Gasteiger partial charge in [-0.1, -0.05) is 0 Å². The number of benzene rings is 2. The second kappa shape index (κ2) is 10.0. The van der Waals surface area contributed by atoms with E-state index in [4.69, 9.17) is 28.1 Å². The van der Waals surface area contributed by atoms with Crippen molar-refractivity contribution < 1.29 is 27.4 Å². The Kier molecular flexibility index (Phi) is 7.31. The largest absolute Gasteiger partial charge is 0.456 e. The predicted octanol–water partition coefficient (Wildman–Crippen LogP) is 3.34. The Labute approximate surface area is 196 Å². The van der Waals surface area contributed by atoms with E-state index in [9.17, 15) is 13.9 Å². The van der Waals surface area contributed by atoms with Crippen molar-refractivity contribution >= 4 is 17.3 Å². The van der Waals surface area contributed by atoms with E-state index in [0.29, 0.717) is 23.4 Å². The first-order chi connectivity index (χ1) is 16.1. The third-order valence-electron chi connectivity index (χ3n) is 4.81. The number of nitrogens with two attached hydrogens (primary N) is 1. The molecule has 3 rings (SSSR count). The number of aliphatic hydroxyl groups is 1. The van der Waals surface area contributed by atoms with Crippen molar-refractivity contribution in [2.45, 2.75) is 11.5 Å². The molecule has 0 aliphatic rings. The number of nitrogens with one attached hydrogen (secondary N) is 2. The summed E-state index contributed by atoms with van der Waals surface area (Å²) < 4.78 is 64.5. The van der Waals surface area contributed by atoms with E-state index < -0.39 is 41.0 Å². The highest BCUT2D eigenvalue weighted by atomic mass is 32.1. The maximum absolute atomic E-state index is 15.6. The molecule has 0 spiro atoms. The molecule has 0 amide bonds. The van der Waals surface area contributed by atoms with Gasteiger partial charge in [-0.3, -0.25) is 4.98 Å². The molecule has 0 saturated heterocycles. The zero-order chi connectivity index (χ0) is 24.9. The average Bonchev–Trinajstić information content (AvgIpc) is 2.83. The van der Waals surface area contributed by atoms with E-state index in [1.807, 2.05) is 11.5 Å². The van der Waals surface area contributed by atoms with Gasteiger partial charge in [-0.05, 0) is 60.7 Å². The second-order valence-corrected chi connectivity index (χ2v) is 7.41. The fourth-order valence-corrected chi connectivity index (χ4v) is 3.10. The molecule has 12 heteroatoms. The van der Waals surface area contributed by atoms with Crippen molar-refractivity contribution in [2.24, 2.45) is 5.84 Å². The molecule has 0 aliphatic carbocycles. The highest BCUT2D eigenvalue weighted by molar-refractivity contribution is 7.80. The first-order valence-electron chi connectivity index (χ1n) is 9.55. The monoisotopic (exact) mass is 491 g/mol. The number of nitriles is 1. The van der Waals surface area contributed by atoms with Crippen molar-refractivity contribution in [2.75, 3.05) is 6.54 Å². The Morgan fingerprint density at radius 3 is 2.35 bits per heavy atom. The molecule has 34 heavy (non-hydrogen) atoms. The molecule has 1 aromatic heterocycles. The van der Waals surface area contributed by atoms with Gasteiger partial charge in [0.15, 0.2) is 10.7 Å². The summed E-state index contributed by atoms with van der Waals surface area (Å²) in [5.41, 5.74) is -2.63. The van der Waals surface area contributed by atoms with Gasteiger partial charge in [-0.2, -0.15) is 14.0 Å². The van der Waals surface area contributed by atoms with Gasteiger partial charge in [0, 0.05) is 11.6 Å². The summed E-state index contributed by atoms with van der Waals surface area (Å²) >= 11 is 4.75. The van der Waals surface area contributed by atoms with E-state index in [0.717, 1.165) is 18.3 Å². The first kappa shape index (κ1) is 24.8.